The minimum absolute atomic E-state index is 0.202. The molecule has 0 spiro atoms. The van der Waals surface area contributed by atoms with E-state index in [1.165, 1.54) is 11.3 Å². The van der Waals surface area contributed by atoms with E-state index in [2.05, 4.69) is 10.1 Å². The van der Waals surface area contributed by atoms with Crippen LogP contribution in [0.1, 0.15) is 41.6 Å². The second-order valence-electron chi connectivity index (χ2n) is 6.11. The second kappa shape index (κ2) is 6.18. The zero-order chi connectivity index (χ0) is 17.6. The summed E-state index contributed by atoms with van der Waals surface area (Å²) in [5, 5.41) is 5.04. The summed E-state index contributed by atoms with van der Waals surface area (Å²) >= 11 is 7.70. The number of carbonyl (C=O) groups excluding carboxylic acids is 1. The maximum Gasteiger partial charge on any atom is 0.300 e. The zero-order valence-corrected chi connectivity index (χ0v) is 15.9. The summed E-state index contributed by atoms with van der Waals surface area (Å²) in [5.74, 6) is -0.339. The van der Waals surface area contributed by atoms with Crippen LogP contribution in [0.15, 0.2) is 23.2 Å². The maximum absolute atomic E-state index is 12.5. The van der Waals surface area contributed by atoms with Crippen LogP contribution in [0.4, 0.5) is 0 Å². The Hall–Kier alpha value is -1.92. The molecule has 1 aromatic carbocycles. The van der Waals surface area contributed by atoms with Crippen molar-refractivity contribution in [2.75, 3.05) is 0 Å². The third kappa shape index (κ3) is 2.80. The van der Waals surface area contributed by atoms with Gasteiger partial charge in [-0.05, 0) is 45.4 Å². The van der Waals surface area contributed by atoms with Gasteiger partial charge < -0.3 is 4.57 Å². The van der Waals surface area contributed by atoms with Gasteiger partial charge >= 0.3 is 0 Å². The number of hydrogen-bond acceptors (Lipinski definition) is 3. The highest BCUT2D eigenvalue weighted by atomic mass is 35.5. The van der Waals surface area contributed by atoms with Gasteiger partial charge in [0.15, 0.2) is 10.5 Å². The van der Waals surface area contributed by atoms with Crippen LogP contribution in [0.2, 0.25) is 5.02 Å². The van der Waals surface area contributed by atoms with Gasteiger partial charge in [0.25, 0.3) is 5.91 Å². The van der Waals surface area contributed by atoms with E-state index >= 15 is 0 Å². The molecule has 3 aromatic rings. The molecule has 0 fully saturated rings. The van der Waals surface area contributed by atoms with Crippen LogP contribution in [0, 0.1) is 13.8 Å². The Morgan fingerprint density at radius 1 is 1.33 bits per heavy atom. The molecule has 0 saturated carbocycles. The molecule has 0 unspecified atom stereocenters. The fraction of sp³-hybridized carbons (Fsp3) is 0.353. The van der Waals surface area contributed by atoms with Crippen molar-refractivity contribution >= 4 is 39.1 Å². The van der Waals surface area contributed by atoms with E-state index in [1.807, 2.05) is 56.1 Å². The topological polar surface area (TPSA) is 52.2 Å². The zero-order valence-electron chi connectivity index (χ0n) is 14.3. The lowest BCUT2D eigenvalue weighted by molar-refractivity contribution is 0.0992. The number of nitrogens with zero attached hydrogens (tertiary/aromatic N) is 4. The third-order valence-corrected chi connectivity index (χ3v) is 5.52. The molecule has 24 heavy (non-hydrogen) atoms. The van der Waals surface area contributed by atoms with E-state index in [1.54, 1.807) is 6.07 Å². The molecule has 1 amide bonds. The molecule has 0 aliphatic heterocycles. The lowest BCUT2D eigenvalue weighted by Gasteiger charge is -2.06. The van der Waals surface area contributed by atoms with Gasteiger partial charge in [0, 0.05) is 18.8 Å². The van der Waals surface area contributed by atoms with Gasteiger partial charge in [0.2, 0.25) is 0 Å². The van der Waals surface area contributed by atoms with Gasteiger partial charge in [-0.15, -0.1) is 0 Å². The molecule has 2 heterocycles. The number of rotatable bonds is 2. The van der Waals surface area contributed by atoms with Crippen LogP contribution in [0.3, 0.4) is 0 Å². The van der Waals surface area contributed by atoms with E-state index in [0.717, 1.165) is 21.5 Å². The number of benzene rings is 1. The smallest absolute Gasteiger partial charge is 0.300 e. The molecule has 2 aromatic heterocycles. The standard InChI is InChI=1S/C17H19ClN4OS/c1-9(2)22-11(4)8-13(20-22)16(23)19-17-21(5)14-10(3)6-7-12(18)15(14)24-17/h6-9H,1-5H3. The van der Waals surface area contributed by atoms with E-state index in [0.29, 0.717) is 15.5 Å². The van der Waals surface area contributed by atoms with Gasteiger partial charge in [0.05, 0.1) is 15.2 Å². The highest BCUT2D eigenvalue weighted by Crippen LogP contribution is 2.28. The summed E-state index contributed by atoms with van der Waals surface area (Å²) in [6.45, 7) is 8.02. The Labute approximate surface area is 149 Å². The Bertz CT molecular complexity index is 1010. The summed E-state index contributed by atoms with van der Waals surface area (Å²) in [4.78, 5) is 17.4. The van der Waals surface area contributed by atoms with Gasteiger partial charge in [-0.3, -0.25) is 9.48 Å². The Morgan fingerprint density at radius 3 is 2.62 bits per heavy atom. The van der Waals surface area contributed by atoms with Crippen molar-refractivity contribution in [2.45, 2.75) is 33.7 Å². The van der Waals surface area contributed by atoms with E-state index < -0.39 is 0 Å². The lowest BCUT2D eigenvalue weighted by Crippen LogP contribution is -2.14. The van der Waals surface area contributed by atoms with Crippen molar-refractivity contribution in [3.8, 4) is 0 Å². The summed E-state index contributed by atoms with van der Waals surface area (Å²) in [6, 6.07) is 5.82. The Kier molecular flexibility index (Phi) is 4.36. The molecule has 126 valence electrons. The fourth-order valence-electron chi connectivity index (χ4n) is 2.77. The fourth-order valence-corrected chi connectivity index (χ4v) is 4.14. The van der Waals surface area contributed by atoms with E-state index in [9.17, 15) is 4.79 Å². The van der Waals surface area contributed by atoms with Crippen LogP contribution in [-0.2, 0) is 7.05 Å². The Morgan fingerprint density at radius 2 is 2.04 bits per heavy atom. The second-order valence-corrected chi connectivity index (χ2v) is 7.50. The monoisotopic (exact) mass is 362 g/mol. The number of halogens is 1. The molecule has 5 nitrogen and oxygen atoms in total. The minimum Gasteiger partial charge on any atom is -0.319 e. The highest BCUT2D eigenvalue weighted by Gasteiger charge is 2.15. The van der Waals surface area contributed by atoms with Crippen LogP contribution in [0.25, 0.3) is 10.2 Å². The molecule has 3 rings (SSSR count). The number of amides is 1. The van der Waals surface area contributed by atoms with Crippen LogP contribution >= 0.6 is 22.9 Å². The SMILES string of the molecule is Cc1ccc(Cl)c2sc(=NC(=O)c3cc(C)n(C(C)C)n3)n(C)c12. The molecule has 0 N–H and O–H groups in total. The van der Waals surface area contributed by atoms with E-state index in [-0.39, 0.29) is 11.9 Å². The number of fused-ring (bicyclic) bond motifs is 1. The highest BCUT2D eigenvalue weighted by molar-refractivity contribution is 7.17. The molecule has 7 heteroatoms. The molecular weight excluding hydrogens is 344 g/mol. The number of hydrogen-bond donors (Lipinski definition) is 0. The van der Waals surface area contributed by atoms with Gasteiger partial charge in [0.1, 0.15) is 0 Å². The maximum atomic E-state index is 12.5. The molecule has 0 radical (unpaired) electrons. The number of aromatic nitrogens is 3. The molecule has 0 saturated heterocycles. The molecule has 0 aliphatic carbocycles. The summed E-state index contributed by atoms with van der Waals surface area (Å²) in [6.07, 6.45) is 0. The number of thiazole rings is 1. The first-order valence-electron chi connectivity index (χ1n) is 7.69. The first-order chi connectivity index (χ1) is 11.3. The summed E-state index contributed by atoms with van der Waals surface area (Å²) < 4.78 is 4.68. The van der Waals surface area contributed by atoms with Crippen molar-refractivity contribution in [1.29, 1.82) is 0 Å². The lowest BCUT2D eigenvalue weighted by atomic mass is 10.2. The van der Waals surface area contributed by atoms with Crippen LogP contribution < -0.4 is 4.80 Å². The number of carbonyl (C=O) groups is 1. The van der Waals surface area contributed by atoms with Crippen molar-refractivity contribution < 1.29 is 4.79 Å². The van der Waals surface area contributed by atoms with Crippen molar-refractivity contribution in [3.63, 3.8) is 0 Å². The number of aryl methyl sites for hydroxylation is 3. The molecule has 0 bridgehead atoms. The Balaban J connectivity index is 2.12. The first kappa shape index (κ1) is 16.9. The van der Waals surface area contributed by atoms with Crippen molar-refractivity contribution in [1.82, 2.24) is 14.3 Å². The average Bonchev–Trinajstić information content (AvgIpc) is 3.06. The van der Waals surface area contributed by atoms with Crippen LogP contribution in [-0.4, -0.2) is 20.3 Å². The molecule has 0 atom stereocenters. The van der Waals surface area contributed by atoms with Gasteiger partial charge in [-0.1, -0.05) is 29.0 Å². The summed E-state index contributed by atoms with van der Waals surface area (Å²) in [5.41, 5.74) is 3.41. The minimum atomic E-state index is -0.339. The van der Waals surface area contributed by atoms with Gasteiger partial charge in [-0.25, -0.2) is 0 Å². The van der Waals surface area contributed by atoms with Gasteiger partial charge in [-0.2, -0.15) is 10.1 Å². The largest absolute Gasteiger partial charge is 0.319 e. The van der Waals surface area contributed by atoms with E-state index in [4.69, 9.17) is 11.6 Å². The molecule has 0 aliphatic rings. The molecular formula is C17H19ClN4OS. The van der Waals surface area contributed by atoms with Crippen molar-refractivity contribution in [3.05, 3.63) is 45.0 Å². The summed E-state index contributed by atoms with van der Waals surface area (Å²) in [7, 11) is 1.90. The first-order valence-corrected chi connectivity index (χ1v) is 8.89. The van der Waals surface area contributed by atoms with Crippen LogP contribution in [0.5, 0.6) is 0 Å². The quantitative estimate of drug-likeness (QED) is 0.691. The average molecular weight is 363 g/mol. The predicted molar refractivity (Wildman–Crippen MR) is 97.8 cm³/mol. The third-order valence-electron chi connectivity index (χ3n) is 3.93. The normalized spacial score (nSPS) is 12.5. The van der Waals surface area contributed by atoms with Crippen molar-refractivity contribution in [2.24, 2.45) is 12.0 Å². The predicted octanol–water partition coefficient (Wildman–Crippen LogP) is 4.03.